The maximum atomic E-state index is 14.2. The molecule has 0 aromatic heterocycles. The van der Waals surface area contributed by atoms with Crippen LogP contribution < -0.4 is 9.80 Å². The molecule has 8 heteroatoms. The molecular weight excluding hydrogens is 455 g/mol. The number of carbonyl (C=O) groups is 1. The fourth-order valence-electron chi connectivity index (χ4n) is 6.90. The van der Waals surface area contributed by atoms with Gasteiger partial charge in [-0.3, -0.25) is 9.69 Å². The summed E-state index contributed by atoms with van der Waals surface area (Å²) in [7, 11) is 0. The Labute approximate surface area is 206 Å². The number of likely N-dealkylation sites (tertiary alicyclic amines) is 1. The molecule has 4 aliphatic rings. The van der Waals surface area contributed by atoms with Crippen LogP contribution in [-0.2, 0) is 15.7 Å². The molecule has 35 heavy (non-hydrogen) atoms. The summed E-state index contributed by atoms with van der Waals surface area (Å²) in [5.41, 5.74) is -0.658. The van der Waals surface area contributed by atoms with Crippen LogP contribution in [0.2, 0.25) is 0 Å². The molecule has 1 spiro atoms. The molecule has 0 aliphatic carbocycles. The van der Waals surface area contributed by atoms with E-state index in [1.807, 2.05) is 0 Å². The Kier molecular flexibility index (Phi) is 6.81. The van der Waals surface area contributed by atoms with Crippen molar-refractivity contribution in [2.75, 3.05) is 49.2 Å². The van der Waals surface area contributed by atoms with Crippen molar-refractivity contribution in [1.29, 1.82) is 0 Å². The minimum absolute atomic E-state index is 0.00125. The molecular formula is C27H38F3N3O2. The van der Waals surface area contributed by atoms with E-state index in [9.17, 15) is 18.0 Å². The molecule has 5 nitrogen and oxygen atoms in total. The van der Waals surface area contributed by atoms with Crippen LogP contribution in [0.25, 0.3) is 0 Å². The van der Waals surface area contributed by atoms with E-state index in [1.165, 1.54) is 29.9 Å². The van der Waals surface area contributed by atoms with Crippen LogP contribution in [0.3, 0.4) is 0 Å². The number of hydrogen-bond acceptors (Lipinski definition) is 4. The number of nitrogens with zero attached hydrogens (tertiary/aromatic N) is 3. The highest BCUT2D eigenvalue weighted by atomic mass is 19.4. The van der Waals surface area contributed by atoms with Crippen LogP contribution in [-0.4, -0.2) is 62.3 Å². The molecule has 1 aromatic carbocycles. The first kappa shape index (κ1) is 24.9. The standard InChI is InChI=1S/C27H38F3N3O2/c1-19(2)23-4-3-12-32(23)20-7-13-31(14-8-20)21-5-6-24(22(18-21)27(28,29)30)33-15-9-26(25(33)34)10-16-35-17-11-26/h5-6,18-20,23H,3-4,7-17H2,1-2H3. The first-order chi connectivity index (χ1) is 16.7. The van der Waals surface area contributed by atoms with Crippen molar-refractivity contribution in [3.05, 3.63) is 23.8 Å². The number of anilines is 2. The van der Waals surface area contributed by atoms with Crippen molar-refractivity contribution in [2.45, 2.75) is 77.1 Å². The van der Waals surface area contributed by atoms with E-state index < -0.39 is 17.2 Å². The van der Waals surface area contributed by atoms with Gasteiger partial charge in [-0.1, -0.05) is 13.8 Å². The number of halogens is 3. The molecule has 4 saturated heterocycles. The second-order valence-corrected chi connectivity index (χ2v) is 11.2. The highest BCUT2D eigenvalue weighted by molar-refractivity contribution is 6.00. The molecule has 194 valence electrons. The third-order valence-electron chi connectivity index (χ3n) is 8.95. The van der Waals surface area contributed by atoms with Crippen LogP contribution in [0.1, 0.15) is 64.4 Å². The van der Waals surface area contributed by atoms with Crippen molar-refractivity contribution in [3.63, 3.8) is 0 Å². The van der Waals surface area contributed by atoms with Crippen molar-refractivity contribution >= 4 is 17.3 Å². The quantitative estimate of drug-likeness (QED) is 0.568. The van der Waals surface area contributed by atoms with Gasteiger partial charge in [0.2, 0.25) is 5.91 Å². The largest absolute Gasteiger partial charge is 0.418 e. The normalized spacial score (nSPS) is 26.5. The fourth-order valence-corrected chi connectivity index (χ4v) is 6.90. The number of benzene rings is 1. The second kappa shape index (κ2) is 9.58. The Morgan fingerprint density at radius 2 is 1.71 bits per heavy atom. The van der Waals surface area contributed by atoms with E-state index >= 15 is 0 Å². The molecule has 0 radical (unpaired) electrons. The predicted molar refractivity (Wildman–Crippen MR) is 131 cm³/mol. The number of hydrogen-bond donors (Lipinski definition) is 0. The van der Waals surface area contributed by atoms with Crippen molar-refractivity contribution in [1.82, 2.24) is 4.90 Å². The average Bonchev–Trinajstić information content (AvgIpc) is 3.45. The summed E-state index contributed by atoms with van der Waals surface area (Å²) >= 11 is 0. The number of alkyl halides is 3. The zero-order chi connectivity index (χ0) is 24.8. The lowest BCUT2D eigenvalue weighted by Gasteiger charge is -2.41. The molecule has 0 bridgehead atoms. The van der Waals surface area contributed by atoms with Crippen LogP contribution in [0.5, 0.6) is 0 Å². The molecule has 0 saturated carbocycles. The Morgan fingerprint density at radius 1 is 1.00 bits per heavy atom. The van der Waals surface area contributed by atoms with E-state index in [1.54, 1.807) is 6.07 Å². The van der Waals surface area contributed by atoms with Gasteiger partial charge in [0.15, 0.2) is 0 Å². The topological polar surface area (TPSA) is 36.0 Å². The Balaban J connectivity index is 1.33. The first-order valence-electron chi connectivity index (χ1n) is 13.3. The molecule has 4 fully saturated rings. The summed E-state index contributed by atoms with van der Waals surface area (Å²) in [5, 5.41) is 0. The summed E-state index contributed by atoms with van der Waals surface area (Å²) < 4.78 is 48.0. The average molecular weight is 494 g/mol. The molecule has 1 amide bonds. The Hall–Kier alpha value is -1.80. The smallest absolute Gasteiger partial charge is 0.381 e. The van der Waals surface area contributed by atoms with Gasteiger partial charge in [-0.15, -0.1) is 0 Å². The number of ether oxygens (including phenoxy) is 1. The van der Waals surface area contributed by atoms with E-state index in [0.717, 1.165) is 32.5 Å². The summed E-state index contributed by atoms with van der Waals surface area (Å²) in [4.78, 5) is 19.4. The van der Waals surface area contributed by atoms with E-state index in [4.69, 9.17) is 4.74 Å². The summed E-state index contributed by atoms with van der Waals surface area (Å²) in [5.74, 6) is 0.455. The predicted octanol–water partition coefficient (Wildman–Crippen LogP) is 5.33. The van der Waals surface area contributed by atoms with Gasteiger partial charge in [-0.05, 0) is 75.6 Å². The van der Waals surface area contributed by atoms with Gasteiger partial charge in [0.25, 0.3) is 0 Å². The third-order valence-corrected chi connectivity index (χ3v) is 8.95. The van der Waals surface area contributed by atoms with E-state index in [0.29, 0.717) is 62.7 Å². The fraction of sp³-hybridized carbons (Fsp3) is 0.741. The van der Waals surface area contributed by atoms with Crippen molar-refractivity contribution in [3.8, 4) is 0 Å². The first-order valence-corrected chi connectivity index (χ1v) is 13.3. The monoisotopic (exact) mass is 493 g/mol. The third kappa shape index (κ3) is 4.68. The maximum Gasteiger partial charge on any atom is 0.418 e. The zero-order valence-corrected chi connectivity index (χ0v) is 20.9. The summed E-state index contributed by atoms with van der Waals surface area (Å²) in [6, 6.07) is 5.71. The van der Waals surface area contributed by atoms with Crippen molar-refractivity contribution in [2.24, 2.45) is 11.3 Å². The molecule has 1 atom stereocenters. The van der Waals surface area contributed by atoms with Crippen molar-refractivity contribution < 1.29 is 22.7 Å². The van der Waals surface area contributed by atoms with Gasteiger partial charge in [0, 0.05) is 50.6 Å². The molecule has 0 N–H and O–H groups in total. The molecule has 5 rings (SSSR count). The molecule has 1 aromatic rings. The molecule has 4 heterocycles. The second-order valence-electron chi connectivity index (χ2n) is 11.2. The van der Waals surface area contributed by atoms with Gasteiger partial charge >= 0.3 is 6.18 Å². The molecule has 1 unspecified atom stereocenters. The minimum Gasteiger partial charge on any atom is -0.381 e. The van der Waals surface area contributed by atoms with Gasteiger partial charge in [0.05, 0.1) is 16.7 Å². The lowest BCUT2D eigenvalue weighted by Crippen LogP contribution is -2.48. The van der Waals surface area contributed by atoms with Crippen LogP contribution >= 0.6 is 0 Å². The number of carbonyl (C=O) groups excluding carboxylic acids is 1. The van der Waals surface area contributed by atoms with Gasteiger partial charge in [-0.2, -0.15) is 13.2 Å². The van der Waals surface area contributed by atoms with Crippen LogP contribution in [0.15, 0.2) is 18.2 Å². The Bertz CT molecular complexity index is 921. The van der Waals surface area contributed by atoms with E-state index in [2.05, 4.69) is 23.6 Å². The lowest BCUT2D eigenvalue weighted by atomic mass is 9.79. The van der Waals surface area contributed by atoms with Gasteiger partial charge < -0.3 is 14.5 Å². The van der Waals surface area contributed by atoms with E-state index in [-0.39, 0.29) is 11.6 Å². The van der Waals surface area contributed by atoms with Crippen LogP contribution in [0.4, 0.5) is 24.5 Å². The number of amides is 1. The van der Waals surface area contributed by atoms with Crippen LogP contribution in [0, 0.1) is 11.3 Å². The Morgan fingerprint density at radius 3 is 2.37 bits per heavy atom. The highest BCUT2D eigenvalue weighted by Gasteiger charge is 2.49. The minimum atomic E-state index is -4.52. The maximum absolute atomic E-state index is 14.2. The molecule has 4 aliphatic heterocycles. The summed E-state index contributed by atoms with van der Waals surface area (Å²) in [6.07, 6.45) is 1.69. The zero-order valence-electron chi connectivity index (χ0n) is 20.9. The van der Waals surface area contributed by atoms with Gasteiger partial charge in [0.1, 0.15) is 0 Å². The number of rotatable bonds is 4. The lowest BCUT2D eigenvalue weighted by molar-refractivity contribution is -0.137. The SMILES string of the molecule is CC(C)C1CCCN1C1CCN(c2ccc(N3CCC4(CCOCC4)C3=O)c(C(F)(F)F)c2)CC1. The number of piperidine rings is 1. The van der Waals surface area contributed by atoms with Gasteiger partial charge in [-0.25, -0.2) is 0 Å². The highest BCUT2D eigenvalue weighted by Crippen LogP contribution is 2.46. The summed E-state index contributed by atoms with van der Waals surface area (Å²) in [6.45, 7) is 8.55.